The average molecular weight is 281 g/mol. The lowest BCUT2D eigenvalue weighted by Gasteiger charge is -2.05. The zero-order valence-electron chi connectivity index (χ0n) is 11.6. The van der Waals surface area contributed by atoms with Crippen LogP contribution in [0.4, 0.5) is 5.82 Å². The maximum atomic E-state index is 12.1. The van der Waals surface area contributed by atoms with Crippen molar-refractivity contribution in [2.75, 3.05) is 5.32 Å². The van der Waals surface area contributed by atoms with E-state index in [1.807, 2.05) is 29.1 Å². The number of aromatic nitrogens is 4. The molecule has 0 saturated heterocycles. The molecule has 2 heterocycles. The molecule has 1 aromatic carbocycles. The molecule has 0 saturated carbocycles. The third kappa shape index (κ3) is 3.17. The molecule has 6 nitrogen and oxygen atoms in total. The molecule has 1 amide bonds. The zero-order valence-corrected chi connectivity index (χ0v) is 11.6. The number of hydrogen-bond acceptors (Lipinski definition) is 3. The lowest BCUT2D eigenvalue weighted by Crippen LogP contribution is -2.12. The maximum Gasteiger partial charge on any atom is 0.256 e. The van der Waals surface area contributed by atoms with Crippen LogP contribution in [-0.2, 0) is 13.6 Å². The highest BCUT2D eigenvalue weighted by Gasteiger charge is 2.07. The van der Waals surface area contributed by atoms with Gasteiger partial charge in [0.1, 0.15) is 0 Å². The summed E-state index contributed by atoms with van der Waals surface area (Å²) in [5, 5.41) is 11.0. The topological polar surface area (TPSA) is 64.7 Å². The Hall–Kier alpha value is -2.89. The normalized spacial score (nSPS) is 10.5. The van der Waals surface area contributed by atoms with Crippen molar-refractivity contribution in [3.05, 3.63) is 66.1 Å². The number of hydrogen-bond donors (Lipinski definition) is 1. The maximum absolute atomic E-state index is 12.1. The Morgan fingerprint density at radius 1 is 1.19 bits per heavy atom. The number of amides is 1. The van der Waals surface area contributed by atoms with E-state index >= 15 is 0 Å². The fraction of sp³-hybridized carbons (Fsp3) is 0.133. The standard InChI is InChI=1S/C15H15N5O/c1-19-10-7-14(18-19)17-15(21)13-5-3-12(4-6-13)11-20-9-2-8-16-20/h2-10H,11H2,1H3,(H,17,18,21). The Balaban J connectivity index is 1.67. The van der Waals surface area contributed by atoms with Gasteiger partial charge in [-0.1, -0.05) is 12.1 Å². The molecular formula is C15H15N5O. The van der Waals surface area contributed by atoms with Gasteiger partial charge >= 0.3 is 0 Å². The van der Waals surface area contributed by atoms with E-state index in [9.17, 15) is 4.79 Å². The summed E-state index contributed by atoms with van der Waals surface area (Å²) in [6, 6.07) is 11.1. The highest BCUT2D eigenvalue weighted by molar-refractivity contribution is 6.03. The van der Waals surface area contributed by atoms with E-state index in [0.29, 0.717) is 17.9 Å². The summed E-state index contributed by atoms with van der Waals surface area (Å²) in [5.41, 5.74) is 1.69. The average Bonchev–Trinajstić information content (AvgIpc) is 3.12. The Morgan fingerprint density at radius 2 is 2.00 bits per heavy atom. The third-order valence-corrected chi connectivity index (χ3v) is 3.08. The number of carbonyl (C=O) groups is 1. The number of carbonyl (C=O) groups excluding carboxylic acids is 1. The first kappa shape index (κ1) is 13.1. The van der Waals surface area contributed by atoms with Gasteiger partial charge in [-0.25, -0.2) is 0 Å². The molecular weight excluding hydrogens is 266 g/mol. The van der Waals surface area contributed by atoms with Crippen LogP contribution < -0.4 is 5.32 Å². The first-order valence-corrected chi connectivity index (χ1v) is 6.58. The van der Waals surface area contributed by atoms with Gasteiger partial charge in [0.2, 0.25) is 0 Å². The first-order valence-electron chi connectivity index (χ1n) is 6.58. The molecule has 2 aromatic heterocycles. The van der Waals surface area contributed by atoms with Crippen LogP contribution in [-0.4, -0.2) is 25.5 Å². The number of nitrogens with one attached hydrogen (secondary N) is 1. The molecule has 0 bridgehead atoms. The van der Waals surface area contributed by atoms with E-state index in [2.05, 4.69) is 15.5 Å². The molecule has 3 rings (SSSR count). The van der Waals surface area contributed by atoms with Crippen LogP contribution in [0.3, 0.4) is 0 Å². The summed E-state index contributed by atoms with van der Waals surface area (Å²) in [6.07, 6.45) is 5.43. The number of anilines is 1. The predicted molar refractivity (Wildman–Crippen MR) is 78.9 cm³/mol. The van der Waals surface area contributed by atoms with Crippen LogP contribution in [0, 0.1) is 0 Å². The van der Waals surface area contributed by atoms with Gasteiger partial charge < -0.3 is 5.32 Å². The van der Waals surface area contributed by atoms with E-state index in [-0.39, 0.29) is 5.91 Å². The second kappa shape index (κ2) is 5.62. The van der Waals surface area contributed by atoms with E-state index < -0.39 is 0 Å². The van der Waals surface area contributed by atoms with E-state index in [0.717, 1.165) is 5.56 Å². The van der Waals surface area contributed by atoms with E-state index in [1.54, 1.807) is 42.3 Å². The number of aryl methyl sites for hydroxylation is 1. The molecule has 0 fully saturated rings. The van der Waals surface area contributed by atoms with Gasteiger partial charge in [-0.15, -0.1) is 0 Å². The smallest absolute Gasteiger partial charge is 0.256 e. The number of rotatable bonds is 4. The summed E-state index contributed by atoms with van der Waals surface area (Å²) in [4.78, 5) is 12.1. The zero-order chi connectivity index (χ0) is 14.7. The fourth-order valence-electron chi connectivity index (χ4n) is 2.01. The van der Waals surface area contributed by atoms with Crippen LogP contribution in [0.2, 0.25) is 0 Å². The SMILES string of the molecule is Cn1ccc(NC(=O)c2ccc(Cn3cccn3)cc2)n1. The Labute approximate surface area is 122 Å². The molecule has 0 aliphatic carbocycles. The van der Waals surface area contributed by atoms with Crippen LogP contribution >= 0.6 is 0 Å². The Kier molecular flexibility index (Phi) is 3.51. The molecule has 0 aliphatic rings. The predicted octanol–water partition coefficient (Wildman–Crippen LogP) is 1.92. The van der Waals surface area contributed by atoms with Gasteiger partial charge in [0, 0.05) is 37.3 Å². The second-order valence-corrected chi connectivity index (χ2v) is 4.73. The molecule has 0 atom stereocenters. The summed E-state index contributed by atoms with van der Waals surface area (Å²) in [7, 11) is 1.81. The largest absolute Gasteiger partial charge is 0.305 e. The molecule has 0 aliphatic heterocycles. The molecule has 21 heavy (non-hydrogen) atoms. The van der Waals surface area contributed by atoms with Crippen molar-refractivity contribution < 1.29 is 4.79 Å². The fourth-order valence-corrected chi connectivity index (χ4v) is 2.01. The summed E-state index contributed by atoms with van der Waals surface area (Å²) in [5.74, 6) is 0.377. The molecule has 3 aromatic rings. The van der Waals surface area contributed by atoms with Gasteiger partial charge in [0.15, 0.2) is 5.82 Å². The van der Waals surface area contributed by atoms with Crippen LogP contribution in [0.1, 0.15) is 15.9 Å². The van der Waals surface area contributed by atoms with Crippen molar-refractivity contribution in [3.8, 4) is 0 Å². The molecule has 0 radical (unpaired) electrons. The lowest BCUT2D eigenvalue weighted by molar-refractivity contribution is 0.102. The first-order chi connectivity index (χ1) is 10.2. The van der Waals surface area contributed by atoms with Crippen molar-refractivity contribution in [1.29, 1.82) is 0 Å². The van der Waals surface area contributed by atoms with Gasteiger partial charge in [-0.2, -0.15) is 10.2 Å². The van der Waals surface area contributed by atoms with Crippen LogP contribution in [0.15, 0.2) is 55.0 Å². The Bertz CT molecular complexity index is 728. The van der Waals surface area contributed by atoms with Crippen LogP contribution in [0.5, 0.6) is 0 Å². The molecule has 6 heteroatoms. The summed E-state index contributed by atoms with van der Waals surface area (Å²) >= 11 is 0. The van der Waals surface area contributed by atoms with Gasteiger partial charge in [0.25, 0.3) is 5.91 Å². The van der Waals surface area contributed by atoms with E-state index in [1.165, 1.54) is 0 Å². The lowest BCUT2D eigenvalue weighted by atomic mass is 10.1. The molecule has 1 N–H and O–H groups in total. The second-order valence-electron chi connectivity index (χ2n) is 4.73. The van der Waals surface area contributed by atoms with Crippen molar-refractivity contribution in [3.63, 3.8) is 0 Å². The van der Waals surface area contributed by atoms with Crippen molar-refractivity contribution >= 4 is 11.7 Å². The highest BCUT2D eigenvalue weighted by Crippen LogP contribution is 2.09. The minimum Gasteiger partial charge on any atom is -0.305 e. The van der Waals surface area contributed by atoms with Crippen molar-refractivity contribution in [1.82, 2.24) is 19.6 Å². The Morgan fingerprint density at radius 3 is 2.62 bits per heavy atom. The van der Waals surface area contributed by atoms with Crippen molar-refractivity contribution in [2.24, 2.45) is 7.05 Å². The van der Waals surface area contributed by atoms with E-state index in [4.69, 9.17) is 0 Å². The minimum absolute atomic E-state index is 0.167. The monoisotopic (exact) mass is 281 g/mol. The third-order valence-electron chi connectivity index (χ3n) is 3.08. The number of nitrogens with zero attached hydrogens (tertiary/aromatic N) is 4. The molecule has 0 spiro atoms. The van der Waals surface area contributed by atoms with Gasteiger partial charge in [-0.05, 0) is 23.8 Å². The highest BCUT2D eigenvalue weighted by atomic mass is 16.1. The molecule has 0 unspecified atom stereocenters. The summed E-state index contributed by atoms with van der Waals surface area (Å²) in [6.45, 7) is 0.690. The quantitative estimate of drug-likeness (QED) is 0.794. The van der Waals surface area contributed by atoms with Crippen molar-refractivity contribution in [2.45, 2.75) is 6.54 Å². The van der Waals surface area contributed by atoms with Crippen LogP contribution in [0.25, 0.3) is 0 Å². The number of benzene rings is 1. The van der Waals surface area contributed by atoms with Gasteiger partial charge in [0.05, 0.1) is 6.54 Å². The summed E-state index contributed by atoms with van der Waals surface area (Å²) < 4.78 is 3.48. The van der Waals surface area contributed by atoms with Gasteiger partial charge in [-0.3, -0.25) is 14.2 Å². The molecule has 106 valence electrons. The minimum atomic E-state index is -0.167.